The quantitative estimate of drug-likeness (QED) is 0.856. The van der Waals surface area contributed by atoms with E-state index in [1.165, 1.54) is 57.2 Å². The number of benzene rings is 1. The van der Waals surface area contributed by atoms with Gasteiger partial charge in [-0.25, -0.2) is 0 Å². The van der Waals surface area contributed by atoms with Gasteiger partial charge < -0.3 is 10.5 Å². The number of ether oxygens (including phenoxy) is 1. The van der Waals surface area contributed by atoms with Gasteiger partial charge in [0, 0.05) is 17.8 Å². The van der Waals surface area contributed by atoms with Crippen molar-refractivity contribution in [1.29, 1.82) is 0 Å². The number of rotatable bonds is 4. The van der Waals surface area contributed by atoms with Crippen molar-refractivity contribution in [3.05, 3.63) is 23.8 Å². The fourth-order valence-electron chi connectivity index (χ4n) is 4.07. The minimum absolute atomic E-state index is 0.689. The second kappa shape index (κ2) is 6.27. The molecule has 1 aromatic rings. The molecule has 1 aliphatic heterocycles. The second-order valence-electron chi connectivity index (χ2n) is 6.78. The lowest BCUT2D eigenvalue weighted by molar-refractivity contribution is 0.103. The van der Waals surface area contributed by atoms with Gasteiger partial charge in [-0.1, -0.05) is 12.8 Å². The Morgan fingerprint density at radius 3 is 2.52 bits per heavy atom. The van der Waals surface area contributed by atoms with Gasteiger partial charge in [-0.3, -0.25) is 4.90 Å². The molecule has 0 atom stereocenters. The fourth-order valence-corrected chi connectivity index (χ4v) is 4.07. The zero-order valence-corrected chi connectivity index (χ0v) is 13.2. The first-order valence-corrected chi connectivity index (χ1v) is 8.44. The number of hydrogen-bond donors (Lipinski definition) is 1. The Labute approximate surface area is 128 Å². The largest absolute Gasteiger partial charge is 0.494 e. The van der Waals surface area contributed by atoms with Crippen molar-refractivity contribution in [3.8, 4) is 5.75 Å². The van der Waals surface area contributed by atoms with E-state index >= 15 is 0 Å². The van der Waals surface area contributed by atoms with Crippen LogP contribution in [-0.2, 0) is 6.54 Å². The number of piperidine rings is 1. The van der Waals surface area contributed by atoms with Crippen molar-refractivity contribution in [2.75, 3.05) is 25.4 Å². The van der Waals surface area contributed by atoms with Crippen molar-refractivity contribution in [1.82, 2.24) is 4.90 Å². The first kappa shape index (κ1) is 14.7. The fraction of sp³-hybridized carbons (Fsp3) is 0.667. The summed E-state index contributed by atoms with van der Waals surface area (Å²) in [7, 11) is 0. The third kappa shape index (κ3) is 3.34. The summed E-state index contributed by atoms with van der Waals surface area (Å²) in [5.41, 5.74) is 8.71. The molecule has 0 aromatic heterocycles. The summed E-state index contributed by atoms with van der Waals surface area (Å²) >= 11 is 0. The summed E-state index contributed by atoms with van der Waals surface area (Å²) in [5, 5.41) is 0. The summed E-state index contributed by atoms with van der Waals surface area (Å²) in [5.74, 6) is 0.993. The third-order valence-corrected chi connectivity index (χ3v) is 5.36. The van der Waals surface area contributed by atoms with Crippen LogP contribution in [0.15, 0.2) is 18.2 Å². The number of nitrogen functional groups attached to an aromatic ring is 1. The van der Waals surface area contributed by atoms with Gasteiger partial charge in [0.05, 0.1) is 6.61 Å². The van der Waals surface area contributed by atoms with Crippen molar-refractivity contribution in [3.63, 3.8) is 0 Å². The summed E-state index contributed by atoms with van der Waals surface area (Å²) in [6.45, 7) is 6.15. The van der Waals surface area contributed by atoms with E-state index in [0.717, 1.165) is 18.0 Å². The lowest BCUT2D eigenvalue weighted by Gasteiger charge is -2.39. The SMILES string of the molecule is CCOc1ccc(N)cc1CN1CCC2(CCCC2)CC1. The molecule has 1 spiro atoms. The van der Waals surface area contributed by atoms with E-state index in [2.05, 4.69) is 11.0 Å². The van der Waals surface area contributed by atoms with Crippen LogP contribution in [0.1, 0.15) is 51.0 Å². The number of nitrogens with zero attached hydrogens (tertiary/aromatic N) is 1. The maximum Gasteiger partial charge on any atom is 0.123 e. The van der Waals surface area contributed by atoms with E-state index in [4.69, 9.17) is 10.5 Å². The molecule has 0 bridgehead atoms. The number of nitrogens with two attached hydrogens (primary N) is 1. The lowest BCUT2D eigenvalue weighted by atomic mass is 9.77. The highest BCUT2D eigenvalue weighted by atomic mass is 16.5. The van der Waals surface area contributed by atoms with Gasteiger partial charge in [0.25, 0.3) is 0 Å². The van der Waals surface area contributed by atoms with E-state index in [1.807, 2.05) is 19.1 Å². The zero-order chi connectivity index (χ0) is 14.7. The average molecular weight is 288 g/mol. The van der Waals surface area contributed by atoms with Crippen LogP contribution in [0.25, 0.3) is 0 Å². The summed E-state index contributed by atoms with van der Waals surface area (Å²) < 4.78 is 5.74. The minimum atomic E-state index is 0.689. The Morgan fingerprint density at radius 2 is 1.86 bits per heavy atom. The lowest BCUT2D eigenvalue weighted by Crippen LogP contribution is -2.38. The molecule has 3 nitrogen and oxygen atoms in total. The summed E-state index contributed by atoms with van der Waals surface area (Å²) in [6, 6.07) is 6.01. The Bertz CT molecular complexity index is 470. The summed E-state index contributed by atoms with van der Waals surface area (Å²) in [4.78, 5) is 2.57. The molecule has 2 N–H and O–H groups in total. The van der Waals surface area contributed by atoms with E-state index in [9.17, 15) is 0 Å². The van der Waals surface area contributed by atoms with Crippen LogP contribution in [-0.4, -0.2) is 24.6 Å². The van der Waals surface area contributed by atoms with Gasteiger partial charge in [0.15, 0.2) is 0 Å². The van der Waals surface area contributed by atoms with Crippen LogP contribution in [0, 0.1) is 5.41 Å². The molecule has 1 heterocycles. The van der Waals surface area contributed by atoms with Gasteiger partial charge in [-0.05, 0) is 69.3 Å². The van der Waals surface area contributed by atoms with E-state index in [0.29, 0.717) is 12.0 Å². The minimum Gasteiger partial charge on any atom is -0.494 e. The van der Waals surface area contributed by atoms with Crippen LogP contribution in [0.2, 0.25) is 0 Å². The highest BCUT2D eigenvalue weighted by Crippen LogP contribution is 2.46. The molecule has 116 valence electrons. The highest BCUT2D eigenvalue weighted by Gasteiger charge is 2.36. The zero-order valence-electron chi connectivity index (χ0n) is 13.2. The molecule has 2 fully saturated rings. The van der Waals surface area contributed by atoms with E-state index < -0.39 is 0 Å². The molecule has 0 amide bonds. The molecule has 21 heavy (non-hydrogen) atoms. The number of likely N-dealkylation sites (tertiary alicyclic amines) is 1. The van der Waals surface area contributed by atoms with Crippen molar-refractivity contribution < 1.29 is 4.74 Å². The predicted molar refractivity (Wildman–Crippen MR) is 87.4 cm³/mol. The maximum absolute atomic E-state index is 5.95. The number of anilines is 1. The van der Waals surface area contributed by atoms with Crippen LogP contribution >= 0.6 is 0 Å². The Balaban J connectivity index is 1.63. The van der Waals surface area contributed by atoms with Gasteiger partial charge in [-0.2, -0.15) is 0 Å². The van der Waals surface area contributed by atoms with Crippen molar-refractivity contribution in [2.24, 2.45) is 5.41 Å². The van der Waals surface area contributed by atoms with Gasteiger partial charge in [0.2, 0.25) is 0 Å². The van der Waals surface area contributed by atoms with Gasteiger partial charge in [-0.15, -0.1) is 0 Å². The molecule has 2 aliphatic rings. The first-order valence-electron chi connectivity index (χ1n) is 8.44. The van der Waals surface area contributed by atoms with E-state index in [1.54, 1.807) is 0 Å². The van der Waals surface area contributed by atoms with Crippen LogP contribution in [0.5, 0.6) is 5.75 Å². The number of hydrogen-bond acceptors (Lipinski definition) is 3. The highest BCUT2D eigenvalue weighted by molar-refractivity contribution is 5.47. The van der Waals surface area contributed by atoms with Gasteiger partial charge >= 0.3 is 0 Å². The molecule has 1 aliphatic carbocycles. The molecule has 1 saturated heterocycles. The predicted octanol–water partition coefficient (Wildman–Crippen LogP) is 3.82. The maximum atomic E-state index is 5.95. The summed E-state index contributed by atoms with van der Waals surface area (Å²) in [6.07, 6.45) is 8.57. The van der Waals surface area contributed by atoms with Crippen LogP contribution in [0.4, 0.5) is 5.69 Å². The Kier molecular flexibility index (Phi) is 4.39. The van der Waals surface area contributed by atoms with Crippen molar-refractivity contribution >= 4 is 5.69 Å². The third-order valence-electron chi connectivity index (χ3n) is 5.36. The molecule has 0 unspecified atom stereocenters. The topological polar surface area (TPSA) is 38.5 Å². The molecular formula is C18H28N2O. The molecule has 3 heteroatoms. The molecule has 3 rings (SSSR count). The molecule has 1 aromatic carbocycles. The second-order valence-corrected chi connectivity index (χ2v) is 6.78. The van der Waals surface area contributed by atoms with Gasteiger partial charge in [0.1, 0.15) is 5.75 Å². The standard InChI is InChI=1S/C18H28N2O/c1-2-21-17-6-5-16(19)13-15(17)14-20-11-9-18(10-12-20)7-3-4-8-18/h5-6,13H,2-4,7-12,14,19H2,1H3. The first-order chi connectivity index (χ1) is 10.2. The van der Waals surface area contributed by atoms with Crippen molar-refractivity contribution in [2.45, 2.75) is 52.0 Å². The molecular weight excluding hydrogens is 260 g/mol. The normalized spacial score (nSPS) is 21.8. The Morgan fingerprint density at radius 1 is 1.14 bits per heavy atom. The molecule has 1 saturated carbocycles. The van der Waals surface area contributed by atoms with E-state index in [-0.39, 0.29) is 0 Å². The molecule has 0 radical (unpaired) electrons. The van der Waals surface area contributed by atoms with Crippen LogP contribution in [0.3, 0.4) is 0 Å². The smallest absolute Gasteiger partial charge is 0.123 e. The Hall–Kier alpha value is -1.22. The average Bonchev–Trinajstić information content (AvgIpc) is 2.93. The van der Waals surface area contributed by atoms with Crippen LogP contribution < -0.4 is 10.5 Å². The monoisotopic (exact) mass is 288 g/mol.